The fourth-order valence-corrected chi connectivity index (χ4v) is 2.36. The first-order valence-corrected chi connectivity index (χ1v) is 7.05. The van der Waals surface area contributed by atoms with Crippen molar-refractivity contribution in [3.05, 3.63) is 45.3 Å². The molecule has 0 aromatic heterocycles. The van der Waals surface area contributed by atoms with Crippen molar-refractivity contribution in [2.75, 3.05) is 18.0 Å². The van der Waals surface area contributed by atoms with E-state index in [0.717, 1.165) is 18.8 Å². The third-order valence-electron chi connectivity index (χ3n) is 3.41. The molecule has 0 fully saturated rings. The Balaban J connectivity index is 2.47. The molecular weight excluding hydrogens is 288 g/mol. The topological polar surface area (TPSA) is 81.9 Å². The Morgan fingerprint density at radius 1 is 1.41 bits per heavy atom. The normalized spacial score (nSPS) is 16.1. The minimum Gasteiger partial charge on any atom is -0.421 e. The number of esters is 1. The third-order valence-corrected chi connectivity index (χ3v) is 3.41. The van der Waals surface area contributed by atoms with Crippen molar-refractivity contribution in [2.24, 2.45) is 0 Å². The summed E-state index contributed by atoms with van der Waals surface area (Å²) in [6.07, 6.45) is 0.231. The van der Waals surface area contributed by atoms with Crippen LogP contribution in [0.2, 0.25) is 0 Å². The lowest BCUT2D eigenvalue weighted by molar-refractivity contribution is -0.472. The highest BCUT2D eigenvalue weighted by molar-refractivity contribution is 5.68. The molecule has 118 valence electrons. The number of nitrogens with zero attached hydrogens (tertiary/aromatic N) is 2. The Bertz CT molecular complexity index is 622. The first-order chi connectivity index (χ1) is 10.5. The molecule has 0 aliphatic carbocycles. The zero-order valence-electron chi connectivity index (χ0n) is 12.7. The molecule has 1 aromatic carbocycles. The van der Waals surface area contributed by atoms with Crippen LogP contribution in [0.25, 0.3) is 6.08 Å². The quantitative estimate of drug-likeness (QED) is 0.472. The molecule has 7 nitrogen and oxygen atoms in total. The molecule has 1 aromatic rings. The molecule has 0 spiro atoms. The maximum absolute atomic E-state index is 11.2. The number of benzene rings is 1. The van der Waals surface area contributed by atoms with Crippen LogP contribution in [0, 0.1) is 10.1 Å². The lowest BCUT2D eigenvalue weighted by Crippen LogP contribution is -2.23. The van der Waals surface area contributed by atoms with Gasteiger partial charge in [0.2, 0.25) is 0 Å². The van der Waals surface area contributed by atoms with E-state index in [4.69, 9.17) is 9.47 Å². The molecule has 0 amide bonds. The van der Waals surface area contributed by atoms with Crippen LogP contribution < -0.4 is 4.90 Å². The van der Waals surface area contributed by atoms with E-state index >= 15 is 0 Å². The summed E-state index contributed by atoms with van der Waals surface area (Å²) >= 11 is 0. The first kappa shape index (κ1) is 15.8. The third kappa shape index (κ3) is 3.19. The van der Waals surface area contributed by atoms with E-state index in [2.05, 4.69) is 4.90 Å². The van der Waals surface area contributed by atoms with Gasteiger partial charge >= 0.3 is 11.9 Å². The summed E-state index contributed by atoms with van der Waals surface area (Å²) in [7, 11) is 0. The summed E-state index contributed by atoms with van der Waals surface area (Å²) < 4.78 is 10.3. The SMILES string of the molecule is CCN(CC)c1ccc2c(c1)[C@@H](OC(C)=O)OC([N+](=O)[O-])=C2. The van der Waals surface area contributed by atoms with Crippen molar-refractivity contribution in [1.82, 2.24) is 0 Å². The lowest BCUT2D eigenvalue weighted by Gasteiger charge is -2.26. The fraction of sp³-hybridized carbons (Fsp3) is 0.400. The van der Waals surface area contributed by atoms with Gasteiger partial charge in [0.1, 0.15) is 4.92 Å². The predicted molar refractivity (Wildman–Crippen MR) is 80.6 cm³/mol. The van der Waals surface area contributed by atoms with Crippen molar-refractivity contribution >= 4 is 17.7 Å². The van der Waals surface area contributed by atoms with Gasteiger partial charge in [-0.2, -0.15) is 0 Å². The highest BCUT2D eigenvalue weighted by Crippen LogP contribution is 2.35. The van der Waals surface area contributed by atoms with E-state index < -0.39 is 23.1 Å². The lowest BCUT2D eigenvalue weighted by atomic mass is 10.0. The molecule has 7 heteroatoms. The Morgan fingerprint density at radius 3 is 2.64 bits per heavy atom. The molecule has 22 heavy (non-hydrogen) atoms. The predicted octanol–water partition coefficient (Wildman–Crippen LogP) is 2.70. The molecule has 0 saturated heterocycles. The van der Waals surface area contributed by atoms with E-state index in [1.807, 2.05) is 26.0 Å². The summed E-state index contributed by atoms with van der Waals surface area (Å²) in [5, 5.41) is 10.9. The Morgan fingerprint density at radius 2 is 2.09 bits per heavy atom. The van der Waals surface area contributed by atoms with Crippen LogP contribution in [0.5, 0.6) is 0 Å². The summed E-state index contributed by atoms with van der Waals surface area (Å²) in [5.74, 6) is -0.997. The van der Waals surface area contributed by atoms with Gasteiger partial charge in [0, 0.05) is 31.3 Å². The maximum Gasteiger partial charge on any atom is 0.431 e. The monoisotopic (exact) mass is 306 g/mol. The summed E-state index contributed by atoms with van der Waals surface area (Å²) in [4.78, 5) is 23.6. The van der Waals surface area contributed by atoms with Gasteiger partial charge in [-0.05, 0) is 31.5 Å². The van der Waals surface area contributed by atoms with Crippen LogP contribution in [0.1, 0.15) is 38.2 Å². The number of ether oxygens (including phenoxy) is 2. The number of hydrogen-bond donors (Lipinski definition) is 0. The highest BCUT2D eigenvalue weighted by atomic mass is 16.7. The van der Waals surface area contributed by atoms with Gasteiger partial charge in [-0.25, -0.2) is 0 Å². The van der Waals surface area contributed by atoms with Crippen LogP contribution >= 0.6 is 0 Å². The molecule has 1 aliphatic rings. The second kappa shape index (κ2) is 6.46. The molecule has 0 bridgehead atoms. The molecular formula is C15H18N2O5. The molecule has 0 unspecified atom stereocenters. The Kier molecular flexibility index (Phi) is 4.65. The van der Waals surface area contributed by atoms with Crippen molar-refractivity contribution in [3.63, 3.8) is 0 Å². The van der Waals surface area contributed by atoms with Gasteiger partial charge in [0.25, 0.3) is 6.29 Å². The number of carbonyl (C=O) groups excluding carboxylic acids is 1. The van der Waals surface area contributed by atoms with Gasteiger partial charge in [0.05, 0.1) is 6.08 Å². The highest BCUT2D eigenvalue weighted by Gasteiger charge is 2.31. The fourth-order valence-electron chi connectivity index (χ4n) is 2.36. The number of fused-ring (bicyclic) bond motifs is 1. The number of nitro groups is 1. The molecule has 1 heterocycles. The zero-order valence-corrected chi connectivity index (χ0v) is 12.7. The Hall–Kier alpha value is -2.57. The zero-order chi connectivity index (χ0) is 16.3. The minimum atomic E-state index is -1.10. The van der Waals surface area contributed by atoms with Crippen LogP contribution in [-0.2, 0) is 14.3 Å². The standard InChI is InChI=1S/C15H18N2O5/c1-4-16(5-2)12-7-6-11-8-14(17(19)20)22-15(13(11)9-12)21-10(3)18/h6-9,15H,4-5H2,1-3H3/t15-/m0/s1. The summed E-state index contributed by atoms with van der Waals surface area (Å²) in [6, 6.07) is 5.49. The van der Waals surface area contributed by atoms with Gasteiger partial charge < -0.3 is 14.4 Å². The van der Waals surface area contributed by atoms with Crippen LogP contribution in [0.15, 0.2) is 24.1 Å². The molecule has 1 atom stereocenters. The average molecular weight is 306 g/mol. The minimum absolute atomic E-state index is 0.436. The van der Waals surface area contributed by atoms with E-state index in [1.54, 1.807) is 6.07 Å². The van der Waals surface area contributed by atoms with Crippen molar-refractivity contribution in [1.29, 1.82) is 0 Å². The average Bonchev–Trinajstić information content (AvgIpc) is 2.48. The maximum atomic E-state index is 11.2. The van der Waals surface area contributed by atoms with E-state index in [1.165, 1.54) is 13.0 Å². The second-order valence-corrected chi connectivity index (χ2v) is 4.78. The molecule has 1 aliphatic heterocycles. The van der Waals surface area contributed by atoms with Gasteiger partial charge in [0.15, 0.2) is 0 Å². The molecule has 2 rings (SSSR count). The van der Waals surface area contributed by atoms with E-state index in [0.29, 0.717) is 11.1 Å². The van der Waals surface area contributed by atoms with Gasteiger partial charge in [-0.1, -0.05) is 6.07 Å². The Labute approximate surface area is 128 Å². The van der Waals surface area contributed by atoms with E-state index in [9.17, 15) is 14.9 Å². The van der Waals surface area contributed by atoms with Crippen LogP contribution in [-0.4, -0.2) is 24.0 Å². The van der Waals surface area contributed by atoms with Crippen molar-refractivity contribution < 1.29 is 19.2 Å². The summed E-state index contributed by atoms with van der Waals surface area (Å²) in [5.41, 5.74) is 2.16. The number of rotatable bonds is 5. The molecule has 0 N–H and O–H groups in total. The second-order valence-electron chi connectivity index (χ2n) is 4.78. The van der Waals surface area contributed by atoms with Crippen molar-refractivity contribution in [3.8, 4) is 0 Å². The van der Waals surface area contributed by atoms with Crippen molar-refractivity contribution in [2.45, 2.75) is 27.1 Å². The van der Waals surface area contributed by atoms with E-state index in [-0.39, 0.29) is 0 Å². The van der Waals surface area contributed by atoms with Gasteiger partial charge in [-0.15, -0.1) is 0 Å². The largest absolute Gasteiger partial charge is 0.431 e. The first-order valence-electron chi connectivity index (χ1n) is 7.05. The number of carbonyl (C=O) groups is 1. The summed E-state index contributed by atoms with van der Waals surface area (Å²) in [6.45, 7) is 6.96. The number of hydrogen-bond acceptors (Lipinski definition) is 6. The molecule has 0 saturated carbocycles. The molecule has 0 radical (unpaired) electrons. The van der Waals surface area contributed by atoms with Gasteiger partial charge in [-0.3, -0.25) is 14.9 Å². The van der Waals surface area contributed by atoms with Crippen LogP contribution in [0.4, 0.5) is 5.69 Å². The van der Waals surface area contributed by atoms with Crippen LogP contribution in [0.3, 0.4) is 0 Å². The smallest absolute Gasteiger partial charge is 0.421 e. The number of anilines is 1.